The average Bonchev–Trinajstić information content (AvgIpc) is 2.41. The number of nitro benzene ring substituents is 1. The number of rotatable bonds is 4. The topological polar surface area (TPSA) is 67.5 Å². The maximum absolute atomic E-state index is 10.6. The van der Waals surface area contributed by atoms with Gasteiger partial charge in [0.25, 0.3) is 5.69 Å². The summed E-state index contributed by atoms with van der Waals surface area (Å²) in [6.45, 7) is 2.02. The molecule has 0 saturated heterocycles. The minimum atomic E-state index is -0.436. The molecule has 5 nitrogen and oxygen atoms in total. The molecular weight excluding hydrogens is 242 g/mol. The minimum Gasteiger partial charge on any atom is -0.278 e. The van der Waals surface area contributed by atoms with Gasteiger partial charge in [0.15, 0.2) is 0 Å². The second-order valence-corrected chi connectivity index (χ2v) is 4.09. The van der Waals surface area contributed by atoms with Crippen LogP contribution in [0.4, 0.5) is 11.4 Å². The van der Waals surface area contributed by atoms with Crippen LogP contribution in [0.25, 0.3) is 0 Å². The van der Waals surface area contributed by atoms with Crippen LogP contribution in [-0.2, 0) is 0 Å². The lowest BCUT2D eigenvalue weighted by molar-refractivity contribution is -0.384. The number of hydrogen-bond donors (Lipinski definition) is 1. The number of aryl methyl sites for hydroxylation is 1. The highest BCUT2D eigenvalue weighted by atomic mass is 16.6. The van der Waals surface area contributed by atoms with E-state index in [9.17, 15) is 10.1 Å². The Balaban J connectivity index is 2.04. The van der Waals surface area contributed by atoms with Crippen molar-refractivity contribution in [3.63, 3.8) is 0 Å². The molecule has 2 aromatic rings. The number of nitrogens with zero attached hydrogens (tertiary/aromatic N) is 2. The Morgan fingerprint density at radius 2 is 1.95 bits per heavy atom. The number of nitrogens with one attached hydrogen (secondary N) is 1. The number of benzene rings is 2. The Kier molecular flexibility index (Phi) is 3.87. The fourth-order valence-corrected chi connectivity index (χ4v) is 1.52. The summed E-state index contributed by atoms with van der Waals surface area (Å²) in [5.41, 5.74) is 5.53. The zero-order valence-electron chi connectivity index (χ0n) is 10.4. The molecule has 0 unspecified atom stereocenters. The summed E-state index contributed by atoms with van der Waals surface area (Å²) < 4.78 is 0. The van der Waals surface area contributed by atoms with Gasteiger partial charge in [-0.25, -0.2) is 0 Å². The van der Waals surface area contributed by atoms with Crippen LogP contribution in [0, 0.1) is 17.0 Å². The molecule has 0 saturated carbocycles. The third-order valence-electron chi connectivity index (χ3n) is 2.54. The summed E-state index contributed by atoms with van der Waals surface area (Å²) >= 11 is 0. The molecule has 0 heterocycles. The van der Waals surface area contributed by atoms with Gasteiger partial charge in [-0.05, 0) is 18.6 Å². The summed E-state index contributed by atoms with van der Waals surface area (Å²) in [7, 11) is 0. The van der Waals surface area contributed by atoms with Gasteiger partial charge in [0.05, 0.1) is 16.8 Å². The van der Waals surface area contributed by atoms with Gasteiger partial charge in [0, 0.05) is 12.1 Å². The largest absolute Gasteiger partial charge is 0.278 e. The fourth-order valence-electron chi connectivity index (χ4n) is 1.52. The van der Waals surface area contributed by atoms with E-state index in [-0.39, 0.29) is 5.69 Å². The van der Waals surface area contributed by atoms with E-state index >= 15 is 0 Å². The van der Waals surface area contributed by atoms with E-state index in [1.807, 2.05) is 31.2 Å². The van der Waals surface area contributed by atoms with Crippen molar-refractivity contribution in [1.82, 2.24) is 0 Å². The second-order valence-electron chi connectivity index (χ2n) is 4.09. The van der Waals surface area contributed by atoms with Gasteiger partial charge >= 0.3 is 0 Å². The van der Waals surface area contributed by atoms with E-state index in [0.717, 1.165) is 5.56 Å². The quantitative estimate of drug-likeness (QED) is 0.517. The number of nitro groups is 1. The van der Waals surface area contributed by atoms with Crippen LogP contribution in [0.15, 0.2) is 53.6 Å². The third kappa shape index (κ3) is 3.64. The Labute approximate surface area is 110 Å². The van der Waals surface area contributed by atoms with Gasteiger partial charge in [-0.3, -0.25) is 15.5 Å². The summed E-state index contributed by atoms with van der Waals surface area (Å²) in [6, 6.07) is 14.1. The summed E-state index contributed by atoms with van der Waals surface area (Å²) in [4.78, 5) is 10.2. The molecule has 0 bridgehead atoms. The van der Waals surface area contributed by atoms with Crippen LogP contribution >= 0.6 is 0 Å². The molecule has 2 rings (SSSR count). The van der Waals surface area contributed by atoms with Crippen LogP contribution in [0.3, 0.4) is 0 Å². The monoisotopic (exact) mass is 255 g/mol. The summed E-state index contributed by atoms with van der Waals surface area (Å²) in [5.74, 6) is 0. The number of hydrogen-bond acceptors (Lipinski definition) is 4. The zero-order valence-corrected chi connectivity index (χ0v) is 10.4. The molecule has 0 atom stereocenters. The first-order valence-electron chi connectivity index (χ1n) is 5.75. The lowest BCUT2D eigenvalue weighted by Crippen LogP contribution is -1.93. The first kappa shape index (κ1) is 12.8. The van der Waals surface area contributed by atoms with E-state index in [4.69, 9.17) is 0 Å². The second kappa shape index (κ2) is 5.77. The van der Waals surface area contributed by atoms with Crippen molar-refractivity contribution in [2.75, 3.05) is 5.43 Å². The van der Waals surface area contributed by atoms with E-state index in [0.29, 0.717) is 5.69 Å². The minimum absolute atomic E-state index is 0.0375. The molecule has 2 aromatic carbocycles. The fraction of sp³-hybridized carbons (Fsp3) is 0.0714. The van der Waals surface area contributed by atoms with E-state index < -0.39 is 4.92 Å². The first-order valence-corrected chi connectivity index (χ1v) is 5.75. The number of hydrazone groups is 1. The normalized spacial score (nSPS) is 10.6. The predicted molar refractivity (Wildman–Crippen MR) is 75.5 cm³/mol. The molecule has 0 spiro atoms. The Bertz CT molecular complexity index is 606. The summed E-state index contributed by atoms with van der Waals surface area (Å²) in [5, 5.41) is 14.7. The molecule has 0 aliphatic rings. The average molecular weight is 255 g/mol. The maximum atomic E-state index is 10.6. The maximum Gasteiger partial charge on any atom is 0.271 e. The van der Waals surface area contributed by atoms with Crippen LogP contribution in [0.1, 0.15) is 11.1 Å². The van der Waals surface area contributed by atoms with Gasteiger partial charge in [-0.1, -0.05) is 35.9 Å². The van der Waals surface area contributed by atoms with Crippen molar-refractivity contribution in [3.05, 3.63) is 69.8 Å². The highest BCUT2D eigenvalue weighted by Gasteiger charge is 2.04. The predicted octanol–water partition coefficient (Wildman–Crippen LogP) is 3.35. The zero-order chi connectivity index (χ0) is 13.7. The van der Waals surface area contributed by atoms with Crippen molar-refractivity contribution >= 4 is 17.6 Å². The van der Waals surface area contributed by atoms with Crippen molar-refractivity contribution in [1.29, 1.82) is 0 Å². The Morgan fingerprint density at radius 3 is 2.63 bits per heavy atom. The molecule has 96 valence electrons. The molecule has 0 aliphatic carbocycles. The Morgan fingerprint density at radius 1 is 1.21 bits per heavy atom. The van der Waals surface area contributed by atoms with E-state index in [2.05, 4.69) is 10.5 Å². The lowest BCUT2D eigenvalue weighted by atomic mass is 10.2. The molecule has 5 heteroatoms. The molecule has 0 aliphatic heterocycles. The SMILES string of the molecule is Cc1ccc(/C=N\Nc2cccc([N+](=O)[O-])c2)cc1. The highest BCUT2D eigenvalue weighted by Crippen LogP contribution is 2.16. The summed E-state index contributed by atoms with van der Waals surface area (Å²) in [6.07, 6.45) is 1.66. The van der Waals surface area contributed by atoms with Crippen LogP contribution in [0.2, 0.25) is 0 Å². The molecule has 0 aromatic heterocycles. The molecule has 0 amide bonds. The van der Waals surface area contributed by atoms with Crippen molar-refractivity contribution in [2.24, 2.45) is 5.10 Å². The van der Waals surface area contributed by atoms with Crippen molar-refractivity contribution in [3.8, 4) is 0 Å². The van der Waals surface area contributed by atoms with E-state index in [1.54, 1.807) is 18.3 Å². The van der Waals surface area contributed by atoms with Gasteiger partial charge in [0.2, 0.25) is 0 Å². The van der Waals surface area contributed by atoms with Crippen LogP contribution < -0.4 is 5.43 Å². The molecule has 0 fully saturated rings. The van der Waals surface area contributed by atoms with Crippen molar-refractivity contribution in [2.45, 2.75) is 6.92 Å². The first-order chi connectivity index (χ1) is 9.15. The van der Waals surface area contributed by atoms with Gasteiger partial charge in [-0.15, -0.1) is 0 Å². The highest BCUT2D eigenvalue weighted by molar-refractivity contribution is 5.80. The Hall–Kier alpha value is -2.69. The smallest absolute Gasteiger partial charge is 0.271 e. The number of anilines is 1. The molecular formula is C14H13N3O2. The lowest BCUT2D eigenvalue weighted by Gasteiger charge is -1.99. The van der Waals surface area contributed by atoms with Gasteiger partial charge in [0.1, 0.15) is 0 Å². The standard InChI is InChI=1S/C14H13N3O2/c1-11-5-7-12(8-6-11)10-15-16-13-3-2-4-14(9-13)17(18)19/h2-10,16H,1H3/b15-10-. The van der Waals surface area contributed by atoms with Crippen LogP contribution in [-0.4, -0.2) is 11.1 Å². The van der Waals surface area contributed by atoms with Crippen molar-refractivity contribution < 1.29 is 4.92 Å². The third-order valence-corrected chi connectivity index (χ3v) is 2.54. The van der Waals surface area contributed by atoms with Gasteiger partial charge < -0.3 is 0 Å². The van der Waals surface area contributed by atoms with Crippen LogP contribution in [0.5, 0.6) is 0 Å². The van der Waals surface area contributed by atoms with Gasteiger partial charge in [-0.2, -0.15) is 5.10 Å². The molecule has 1 N–H and O–H groups in total. The molecule has 0 radical (unpaired) electrons. The number of non-ortho nitro benzene ring substituents is 1. The van der Waals surface area contributed by atoms with E-state index in [1.165, 1.54) is 17.7 Å². The molecule has 19 heavy (non-hydrogen) atoms.